The highest BCUT2D eigenvalue weighted by molar-refractivity contribution is 5.91. The number of nitrogens with zero attached hydrogens (tertiary/aromatic N) is 1. The zero-order valence-electron chi connectivity index (χ0n) is 12.3. The molecule has 0 saturated heterocycles. The largest absolute Gasteiger partial charge is 0.383 e. The Balaban J connectivity index is 2.00. The summed E-state index contributed by atoms with van der Waals surface area (Å²) in [5.41, 5.74) is 1.91. The monoisotopic (exact) mass is 288 g/mol. The molecule has 2 aromatic rings. The second-order valence-corrected chi connectivity index (χ2v) is 4.85. The van der Waals surface area contributed by atoms with Gasteiger partial charge in [-0.1, -0.05) is 42.4 Å². The molecule has 1 aromatic heterocycles. The predicted molar refractivity (Wildman–Crippen MR) is 79.2 cm³/mol. The number of ether oxygens (including phenoxy) is 1. The van der Waals surface area contributed by atoms with Gasteiger partial charge in [0, 0.05) is 13.2 Å². The Hall–Kier alpha value is -2.14. The van der Waals surface area contributed by atoms with Crippen molar-refractivity contribution in [3.05, 3.63) is 53.4 Å². The number of carbonyl (C=O) groups excluding carboxylic acids is 1. The number of nitrogens with one attached hydrogen (secondary N) is 1. The molecule has 1 N–H and O–H groups in total. The Morgan fingerprint density at radius 2 is 2.14 bits per heavy atom. The summed E-state index contributed by atoms with van der Waals surface area (Å²) in [6, 6.07) is 11.5. The van der Waals surface area contributed by atoms with Gasteiger partial charge in [-0.05, 0) is 18.4 Å². The highest BCUT2D eigenvalue weighted by atomic mass is 16.5. The van der Waals surface area contributed by atoms with E-state index in [0.717, 1.165) is 17.7 Å². The number of amides is 1. The molecule has 0 fully saturated rings. The first-order valence-corrected chi connectivity index (χ1v) is 7.02. The Morgan fingerprint density at radius 3 is 2.76 bits per heavy atom. The van der Waals surface area contributed by atoms with Gasteiger partial charge in [-0.25, -0.2) is 0 Å². The molecule has 5 nitrogen and oxygen atoms in total. The standard InChI is InChI=1S/C16H20N2O3/c1-3-13-10-15(21-18-13)16(19)17-14(11-20-2)9-12-7-5-4-6-8-12/h4-8,10,14H,3,9,11H2,1-2H3,(H,17,19)/t14-/m0/s1. The number of methoxy groups -OCH3 is 1. The number of benzene rings is 1. The van der Waals surface area contributed by atoms with Gasteiger partial charge in [0.15, 0.2) is 0 Å². The summed E-state index contributed by atoms with van der Waals surface area (Å²) in [6.07, 6.45) is 1.44. The highest BCUT2D eigenvalue weighted by Gasteiger charge is 2.17. The Bertz CT molecular complexity index is 566. The zero-order valence-corrected chi connectivity index (χ0v) is 12.3. The average molecular weight is 288 g/mol. The van der Waals surface area contributed by atoms with Crippen LogP contribution in [-0.2, 0) is 17.6 Å². The van der Waals surface area contributed by atoms with Crippen molar-refractivity contribution in [1.82, 2.24) is 10.5 Å². The maximum atomic E-state index is 12.1. The van der Waals surface area contributed by atoms with Crippen molar-refractivity contribution in [3.63, 3.8) is 0 Å². The molecule has 1 aromatic carbocycles. The van der Waals surface area contributed by atoms with Crippen molar-refractivity contribution < 1.29 is 14.1 Å². The summed E-state index contributed by atoms with van der Waals surface area (Å²) >= 11 is 0. The summed E-state index contributed by atoms with van der Waals surface area (Å²) < 4.78 is 10.2. The summed E-state index contributed by atoms with van der Waals surface area (Å²) in [4.78, 5) is 12.1. The van der Waals surface area contributed by atoms with Gasteiger partial charge in [-0.3, -0.25) is 4.79 Å². The SMILES string of the molecule is CCc1cc(C(=O)N[C@H](COC)Cc2ccccc2)on1. The second kappa shape index (κ2) is 7.59. The molecular weight excluding hydrogens is 268 g/mol. The van der Waals surface area contributed by atoms with Crippen molar-refractivity contribution >= 4 is 5.91 Å². The van der Waals surface area contributed by atoms with E-state index in [0.29, 0.717) is 13.0 Å². The molecule has 0 aliphatic rings. The third kappa shape index (κ3) is 4.43. The molecule has 21 heavy (non-hydrogen) atoms. The molecule has 1 amide bonds. The average Bonchev–Trinajstić information content (AvgIpc) is 2.97. The van der Waals surface area contributed by atoms with E-state index >= 15 is 0 Å². The predicted octanol–water partition coefficient (Wildman–Crippen LogP) is 2.22. The second-order valence-electron chi connectivity index (χ2n) is 4.85. The molecule has 0 spiro atoms. The third-order valence-corrected chi connectivity index (χ3v) is 3.17. The van der Waals surface area contributed by atoms with E-state index in [1.54, 1.807) is 13.2 Å². The lowest BCUT2D eigenvalue weighted by Gasteiger charge is -2.17. The number of hydrogen-bond donors (Lipinski definition) is 1. The molecule has 0 bridgehead atoms. The Labute approximate surface area is 124 Å². The van der Waals surface area contributed by atoms with Gasteiger partial charge in [-0.2, -0.15) is 0 Å². The van der Waals surface area contributed by atoms with E-state index in [1.165, 1.54) is 0 Å². The van der Waals surface area contributed by atoms with Crippen LogP contribution in [0.25, 0.3) is 0 Å². The van der Waals surface area contributed by atoms with E-state index in [-0.39, 0.29) is 17.7 Å². The van der Waals surface area contributed by atoms with Gasteiger partial charge in [0.05, 0.1) is 18.3 Å². The van der Waals surface area contributed by atoms with Crippen molar-refractivity contribution in [2.75, 3.05) is 13.7 Å². The molecule has 1 atom stereocenters. The van der Waals surface area contributed by atoms with Crippen molar-refractivity contribution in [3.8, 4) is 0 Å². The summed E-state index contributed by atoms with van der Waals surface area (Å²) in [7, 11) is 1.62. The number of rotatable bonds is 7. The number of carbonyl (C=O) groups is 1. The Morgan fingerprint density at radius 1 is 1.38 bits per heavy atom. The fourth-order valence-electron chi connectivity index (χ4n) is 2.09. The fourth-order valence-corrected chi connectivity index (χ4v) is 2.09. The van der Waals surface area contributed by atoms with Gasteiger partial charge in [-0.15, -0.1) is 0 Å². The normalized spacial score (nSPS) is 12.1. The van der Waals surface area contributed by atoms with Crippen LogP contribution in [0, 0.1) is 0 Å². The summed E-state index contributed by atoms with van der Waals surface area (Å²) in [5, 5.41) is 6.75. The van der Waals surface area contributed by atoms with E-state index in [1.807, 2.05) is 37.3 Å². The molecule has 2 rings (SSSR count). The third-order valence-electron chi connectivity index (χ3n) is 3.17. The van der Waals surface area contributed by atoms with Gasteiger partial charge in [0.2, 0.25) is 5.76 Å². The van der Waals surface area contributed by atoms with Crippen molar-refractivity contribution in [1.29, 1.82) is 0 Å². The molecule has 112 valence electrons. The Kier molecular flexibility index (Phi) is 5.51. The summed E-state index contributed by atoms with van der Waals surface area (Å²) in [6.45, 7) is 2.40. The van der Waals surface area contributed by atoms with Crippen LogP contribution in [0.3, 0.4) is 0 Å². The lowest BCUT2D eigenvalue weighted by atomic mass is 10.1. The first-order chi connectivity index (χ1) is 10.2. The maximum absolute atomic E-state index is 12.1. The van der Waals surface area contributed by atoms with Crippen LogP contribution in [0.15, 0.2) is 40.9 Å². The number of aromatic nitrogens is 1. The lowest BCUT2D eigenvalue weighted by Crippen LogP contribution is -2.39. The van der Waals surface area contributed by atoms with Crippen LogP contribution in [0.5, 0.6) is 0 Å². The van der Waals surface area contributed by atoms with Gasteiger partial charge in [0.25, 0.3) is 5.91 Å². The fraction of sp³-hybridized carbons (Fsp3) is 0.375. The summed E-state index contributed by atoms with van der Waals surface area (Å²) in [5.74, 6) is -0.0267. The van der Waals surface area contributed by atoms with Gasteiger partial charge >= 0.3 is 0 Å². The molecule has 1 heterocycles. The van der Waals surface area contributed by atoms with Crippen LogP contribution in [0.1, 0.15) is 28.7 Å². The first kappa shape index (κ1) is 15.3. The quantitative estimate of drug-likeness (QED) is 0.848. The molecule has 0 aliphatic carbocycles. The molecular formula is C16H20N2O3. The molecule has 0 radical (unpaired) electrons. The minimum Gasteiger partial charge on any atom is -0.383 e. The highest BCUT2D eigenvalue weighted by Crippen LogP contribution is 2.07. The molecule has 5 heteroatoms. The van der Waals surface area contributed by atoms with E-state index < -0.39 is 0 Å². The molecule has 0 aliphatic heterocycles. The van der Waals surface area contributed by atoms with E-state index in [2.05, 4.69) is 10.5 Å². The van der Waals surface area contributed by atoms with E-state index in [9.17, 15) is 4.79 Å². The molecule has 0 saturated carbocycles. The van der Waals surface area contributed by atoms with Gasteiger partial charge < -0.3 is 14.6 Å². The smallest absolute Gasteiger partial charge is 0.290 e. The van der Waals surface area contributed by atoms with Crippen LogP contribution in [0.2, 0.25) is 0 Å². The number of aryl methyl sites for hydroxylation is 1. The topological polar surface area (TPSA) is 64.4 Å². The van der Waals surface area contributed by atoms with Crippen LogP contribution in [0.4, 0.5) is 0 Å². The number of hydrogen-bond acceptors (Lipinski definition) is 4. The maximum Gasteiger partial charge on any atom is 0.290 e. The van der Waals surface area contributed by atoms with Crippen LogP contribution < -0.4 is 5.32 Å². The van der Waals surface area contributed by atoms with Crippen LogP contribution in [-0.4, -0.2) is 30.8 Å². The van der Waals surface area contributed by atoms with Gasteiger partial charge in [0.1, 0.15) is 0 Å². The minimum absolute atomic E-state index is 0.111. The van der Waals surface area contributed by atoms with Crippen LogP contribution >= 0.6 is 0 Å². The van der Waals surface area contributed by atoms with Crippen molar-refractivity contribution in [2.24, 2.45) is 0 Å². The van der Waals surface area contributed by atoms with Crippen molar-refractivity contribution in [2.45, 2.75) is 25.8 Å². The minimum atomic E-state index is -0.264. The molecule has 0 unspecified atom stereocenters. The van der Waals surface area contributed by atoms with E-state index in [4.69, 9.17) is 9.26 Å². The first-order valence-electron chi connectivity index (χ1n) is 7.02. The zero-order chi connectivity index (χ0) is 15.1. The lowest BCUT2D eigenvalue weighted by molar-refractivity contribution is 0.0860.